The number of aliphatic carboxylic acids is 1. The van der Waals surface area contributed by atoms with Crippen molar-refractivity contribution >= 4 is 12.1 Å². The number of carbonyl (C=O) groups is 2. The van der Waals surface area contributed by atoms with Gasteiger partial charge in [0.15, 0.2) is 0 Å². The smallest absolute Gasteiger partial charge is 0.419 e. The van der Waals surface area contributed by atoms with Crippen LogP contribution in [-0.4, -0.2) is 17.2 Å². The van der Waals surface area contributed by atoms with Crippen LogP contribution in [0.1, 0.15) is 29.2 Å². The molecule has 0 saturated carbocycles. The third-order valence-corrected chi connectivity index (χ3v) is 3.58. The van der Waals surface area contributed by atoms with Gasteiger partial charge in [0.1, 0.15) is 12.4 Å². The summed E-state index contributed by atoms with van der Waals surface area (Å²) in [5.74, 6) is -2.85. The fourth-order valence-electron chi connectivity index (χ4n) is 2.31. The second kappa shape index (κ2) is 8.52. The number of hydrogen-bond acceptors (Lipinski definition) is 3. The normalized spacial score (nSPS) is 12.3. The summed E-state index contributed by atoms with van der Waals surface area (Å²) >= 11 is 0. The Hall–Kier alpha value is -3.10. The van der Waals surface area contributed by atoms with Crippen LogP contribution in [0.4, 0.5) is 22.4 Å². The number of hydrogen-bond donors (Lipinski definition) is 2. The molecule has 144 valence electrons. The van der Waals surface area contributed by atoms with Gasteiger partial charge in [0.25, 0.3) is 0 Å². The minimum absolute atomic E-state index is 0.107. The highest BCUT2D eigenvalue weighted by atomic mass is 19.4. The number of alkyl halides is 3. The number of alkyl carbamates (subject to hydrolysis) is 1. The Kier molecular flexibility index (Phi) is 6.38. The summed E-state index contributed by atoms with van der Waals surface area (Å²) in [6, 6.07) is 9.30. The van der Waals surface area contributed by atoms with Crippen molar-refractivity contribution in [1.82, 2.24) is 5.32 Å². The second-order valence-corrected chi connectivity index (χ2v) is 5.59. The zero-order valence-corrected chi connectivity index (χ0v) is 13.8. The Bertz CT molecular complexity index is 809. The number of nitrogens with one attached hydrogen (secondary N) is 1. The lowest BCUT2D eigenvalue weighted by Gasteiger charge is -2.19. The Labute approximate surface area is 151 Å². The van der Waals surface area contributed by atoms with Crippen LogP contribution in [0.2, 0.25) is 0 Å². The maximum absolute atomic E-state index is 13.4. The van der Waals surface area contributed by atoms with E-state index in [0.717, 1.165) is 6.07 Å². The van der Waals surface area contributed by atoms with Crippen LogP contribution in [0.25, 0.3) is 0 Å². The molecule has 1 atom stereocenters. The highest BCUT2D eigenvalue weighted by Gasteiger charge is 2.35. The van der Waals surface area contributed by atoms with Crippen LogP contribution >= 0.6 is 0 Å². The van der Waals surface area contributed by atoms with E-state index in [9.17, 15) is 27.2 Å². The third kappa shape index (κ3) is 5.98. The quantitative estimate of drug-likeness (QED) is 0.728. The van der Waals surface area contributed by atoms with Crippen molar-refractivity contribution in [3.05, 3.63) is 71.0 Å². The average Bonchev–Trinajstić information content (AvgIpc) is 2.59. The fourth-order valence-corrected chi connectivity index (χ4v) is 2.31. The number of rotatable bonds is 6. The summed E-state index contributed by atoms with van der Waals surface area (Å²) in [5.41, 5.74) is -1.08. The molecule has 2 aromatic carbocycles. The predicted molar refractivity (Wildman–Crippen MR) is 86.2 cm³/mol. The van der Waals surface area contributed by atoms with Gasteiger partial charge in [-0.25, -0.2) is 9.18 Å². The second-order valence-electron chi connectivity index (χ2n) is 5.59. The van der Waals surface area contributed by atoms with Crippen molar-refractivity contribution in [2.24, 2.45) is 0 Å². The van der Waals surface area contributed by atoms with Crippen molar-refractivity contribution in [2.75, 3.05) is 0 Å². The minimum Gasteiger partial charge on any atom is -0.481 e. The lowest BCUT2D eigenvalue weighted by molar-refractivity contribution is -0.140. The van der Waals surface area contributed by atoms with Crippen LogP contribution in [-0.2, 0) is 22.3 Å². The van der Waals surface area contributed by atoms with Gasteiger partial charge in [-0.2, -0.15) is 13.2 Å². The van der Waals surface area contributed by atoms with E-state index < -0.39 is 42.1 Å². The minimum atomic E-state index is -4.96. The molecular formula is C18H15F4NO4. The molecule has 2 rings (SSSR count). The summed E-state index contributed by atoms with van der Waals surface area (Å²) in [6.07, 6.45) is -6.67. The first kappa shape index (κ1) is 20.2. The van der Waals surface area contributed by atoms with Crippen LogP contribution in [0.15, 0.2) is 48.5 Å². The molecule has 0 aromatic heterocycles. The number of benzene rings is 2. The number of amides is 1. The van der Waals surface area contributed by atoms with Crippen molar-refractivity contribution in [1.29, 1.82) is 0 Å². The summed E-state index contributed by atoms with van der Waals surface area (Å²) in [6.45, 7) is -0.107. The van der Waals surface area contributed by atoms with E-state index in [1.807, 2.05) is 0 Å². The van der Waals surface area contributed by atoms with Crippen LogP contribution in [0.3, 0.4) is 0 Å². The fraction of sp³-hybridized carbons (Fsp3) is 0.222. The summed E-state index contributed by atoms with van der Waals surface area (Å²) in [5, 5.41) is 11.2. The number of halogens is 4. The van der Waals surface area contributed by atoms with Crippen LogP contribution in [0.5, 0.6) is 0 Å². The summed E-state index contributed by atoms with van der Waals surface area (Å²) in [7, 11) is 0. The van der Waals surface area contributed by atoms with E-state index in [1.54, 1.807) is 30.3 Å². The van der Waals surface area contributed by atoms with E-state index in [1.165, 1.54) is 0 Å². The van der Waals surface area contributed by atoms with Crippen molar-refractivity contribution in [3.63, 3.8) is 0 Å². The van der Waals surface area contributed by atoms with Gasteiger partial charge in [0, 0.05) is 0 Å². The number of carboxylic acids is 1. The van der Waals surface area contributed by atoms with Gasteiger partial charge < -0.3 is 15.2 Å². The Morgan fingerprint density at radius 3 is 2.37 bits per heavy atom. The van der Waals surface area contributed by atoms with Crippen molar-refractivity contribution in [3.8, 4) is 0 Å². The van der Waals surface area contributed by atoms with Gasteiger partial charge in [-0.1, -0.05) is 36.4 Å². The molecule has 27 heavy (non-hydrogen) atoms. The molecule has 0 bridgehead atoms. The highest BCUT2D eigenvalue weighted by molar-refractivity contribution is 5.72. The van der Waals surface area contributed by atoms with E-state index in [0.29, 0.717) is 17.7 Å². The molecule has 5 nitrogen and oxygen atoms in total. The Morgan fingerprint density at radius 1 is 1.11 bits per heavy atom. The molecule has 0 fully saturated rings. The molecule has 0 aliphatic carbocycles. The highest BCUT2D eigenvalue weighted by Crippen LogP contribution is 2.33. The molecule has 9 heteroatoms. The van der Waals surface area contributed by atoms with Gasteiger partial charge in [-0.3, -0.25) is 4.79 Å². The number of carbonyl (C=O) groups excluding carboxylic acids is 1. The summed E-state index contributed by atoms with van der Waals surface area (Å²) < 4.78 is 56.9. The van der Waals surface area contributed by atoms with E-state index in [2.05, 4.69) is 5.32 Å². The van der Waals surface area contributed by atoms with Gasteiger partial charge >= 0.3 is 18.2 Å². The molecule has 0 spiro atoms. The SMILES string of the molecule is O=C(O)C[C@@H](NC(=O)OCc1ccccc1)c1ccc(F)c(C(F)(F)F)c1. The zero-order valence-electron chi connectivity index (χ0n) is 13.8. The van der Waals surface area contributed by atoms with Gasteiger partial charge in [0.2, 0.25) is 0 Å². The molecule has 2 N–H and O–H groups in total. The summed E-state index contributed by atoms with van der Waals surface area (Å²) in [4.78, 5) is 22.9. The zero-order chi connectivity index (χ0) is 20.0. The van der Waals surface area contributed by atoms with E-state index in [-0.39, 0.29) is 12.2 Å². The topological polar surface area (TPSA) is 75.6 Å². The first-order chi connectivity index (χ1) is 12.7. The molecule has 0 saturated heterocycles. The molecule has 1 amide bonds. The lowest BCUT2D eigenvalue weighted by atomic mass is 10.0. The van der Waals surface area contributed by atoms with E-state index >= 15 is 0 Å². The molecule has 0 aliphatic heterocycles. The van der Waals surface area contributed by atoms with E-state index in [4.69, 9.17) is 9.84 Å². The third-order valence-electron chi connectivity index (χ3n) is 3.58. The van der Waals surface area contributed by atoms with Gasteiger partial charge in [-0.15, -0.1) is 0 Å². The predicted octanol–water partition coefficient (Wildman–Crippen LogP) is 4.29. The standard InChI is InChI=1S/C18H15F4NO4/c19-14-7-6-12(8-13(14)18(20,21)22)15(9-16(24)25)23-17(26)27-10-11-4-2-1-3-5-11/h1-8,15H,9-10H2,(H,23,26)(H,24,25)/t15-/m1/s1. The van der Waals surface area contributed by atoms with Gasteiger partial charge in [-0.05, 0) is 23.3 Å². The van der Waals surface area contributed by atoms with Crippen molar-refractivity contribution < 1.29 is 37.0 Å². The monoisotopic (exact) mass is 385 g/mol. The lowest BCUT2D eigenvalue weighted by Crippen LogP contribution is -2.31. The van der Waals surface area contributed by atoms with Gasteiger partial charge in [0.05, 0.1) is 18.0 Å². The maximum atomic E-state index is 13.4. The molecule has 0 unspecified atom stereocenters. The van der Waals surface area contributed by atoms with Crippen molar-refractivity contribution in [2.45, 2.75) is 25.2 Å². The Morgan fingerprint density at radius 2 is 1.78 bits per heavy atom. The average molecular weight is 385 g/mol. The molecule has 0 aliphatic rings. The maximum Gasteiger partial charge on any atom is 0.419 e. The number of carboxylic acid groups (broad SMARTS) is 1. The molecule has 2 aromatic rings. The first-order valence-electron chi connectivity index (χ1n) is 7.72. The number of ether oxygens (including phenoxy) is 1. The first-order valence-corrected chi connectivity index (χ1v) is 7.72. The molecular weight excluding hydrogens is 370 g/mol. The Balaban J connectivity index is 2.15. The molecule has 0 heterocycles. The van der Waals surface area contributed by atoms with Crippen LogP contribution in [0, 0.1) is 5.82 Å². The largest absolute Gasteiger partial charge is 0.481 e. The van der Waals surface area contributed by atoms with Crippen LogP contribution < -0.4 is 5.32 Å². The molecule has 0 radical (unpaired) electrons.